The predicted octanol–water partition coefficient (Wildman–Crippen LogP) is 1.80. The van der Waals surface area contributed by atoms with Gasteiger partial charge in [-0.2, -0.15) is 4.39 Å². The SMILES string of the molecule is OCCC1(CNc2ccnc(F)c2)CC1. The third kappa shape index (κ3) is 2.65. The fourth-order valence-electron chi connectivity index (χ4n) is 1.73. The molecule has 1 aromatic rings. The Bertz CT molecular complexity index is 339. The van der Waals surface area contributed by atoms with Crippen molar-refractivity contribution in [3.8, 4) is 0 Å². The van der Waals surface area contributed by atoms with E-state index < -0.39 is 5.95 Å². The van der Waals surface area contributed by atoms with Crippen molar-refractivity contribution in [2.45, 2.75) is 19.3 Å². The molecule has 1 fully saturated rings. The van der Waals surface area contributed by atoms with E-state index in [-0.39, 0.29) is 12.0 Å². The Morgan fingerprint density at radius 1 is 1.53 bits per heavy atom. The molecule has 3 nitrogen and oxygen atoms in total. The van der Waals surface area contributed by atoms with Crippen molar-refractivity contribution in [2.75, 3.05) is 18.5 Å². The van der Waals surface area contributed by atoms with Crippen molar-refractivity contribution >= 4 is 5.69 Å². The molecule has 1 aromatic heterocycles. The average Bonchev–Trinajstić information content (AvgIpc) is 2.97. The predicted molar refractivity (Wildman–Crippen MR) is 56.1 cm³/mol. The molecule has 0 aliphatic heterocycles. The minimum Gasteiger partial charge on any atom is -0.396 e. The van der Waals surface area contributed by atoms with Crippen LogP contribution in [-0.2, 0) is 0 Å². The van der Waals surface area contributed by atoms with E-state index in [1.807, 2.05) is 0 Å². The molecular weight excluding hydrogens is 195 g/mol. The lowest BCUT2D eigenvalue weighted by Crippen LogP contribution is -2.16. The molecule has 0 aromatic carbocycles. The first kappa shape index (κ1) is 10.4. The highest BCUT2D eigenvalue weighted by atomic mass is 19.1. The Morgan fingerprint density at radius 3 is 2.93 bits per heavy atom. The van der Waals surface area contributed by atoms with Crippen LogP contribution >= 0.6 is 0 Å². The number of hydrogen-bond acceptors (Lipinski definition) is 3. The number of pyridine rings is 1. The summed E-state index contributed by atoms with van der Waals surface area (Å²) in [6.07, 6.45) is 4.57. The molecule has 1 aliphatic carbocycles. The highest BCUT2D eigenvalue weighted by Crippen LogP contribution is 2.48. The van der Waals surface area contributed by atoms with Crippen molar-refractivity contribution in [2.24, 2.45) is 5.41 Å². The molecular formula is C11H15FN2O. The maximum Gasteiger partial charge on any atom is 0.214 e. The third-order valence-corrected chi connectivity index (χ3v) is 2.99. The van der Waals surface area contributed by atoms with Crippen molar-refractivity contribution in [3.63, 3.8) is 0 Å². The van der Waals surface area contributed by atoms with E-state index in [1.165, 1.54) is 12.3 Å². The number of hydrogen-bond donors (Lipinski definition) is 2. The number of aromatic nitrogens is 1. The van der Waals surface area contributed by atoms with Gasteiger partial charge in [-0.3, -0.25) is 0 Å². The lowest BCUT2D eigenvalue weighted by Gasteiger charge is -2.15. The molecule has 0 radical (unpaired) electrons. The lowest BCUT2D eigenvalue weighted by molar-refractivity contribution is 0.253. The Kier molecular flexibility index (Phi) is 2.86. The second kappa shape index (κ2) is 4.14. The summed E-state index contributed by atoms with van der Waals surface area (Å²) in [5.74, 6) is -0.466. The van der Waals surface area contributed by atoms with Crippen molar-refractivity contribution in [1.82, 2.24) is 4.98 Å². The van der Waals surface area contributed by atoms with Gasteiger partial charge in [0, 0.05) is 31.1 Å². The van der Waals surface area contributed by atoms with Gasteiger partial charge in [0.1, 0.15) is 0 Å². The largest absolute Gasteiger partial charge is 0.396 e. The number of aliphatic hydroxyl groups excluding tert-OH is 1. The summed E-state index contributed by atoms with van der Waals surface area (Å²) in [6.45, 7) is 1.03. The zero-order chi connectivity index (χ0) is 10.7. The van der Waals surface area contributed by atoms with Crippen molar-refractivity contribution in [3.05, 3.63) is 24.3 Å². The van der Waals surface area contributed by atoms with Crippen LogP contribution < -0.4 is 5.32 Å². The van der Waals surface area contributed by atoms with Gasteiger partial charge in [0.25, 0.3) is 0 Å². The van der Waals surface area contributed by atoms with Crippen molar-refractivity contribution in [1.29, 1.82) is 0 Å². The standard InChI is InChI=1S/C11H15FN2O/c12-10-7-9(1-5-13-10)14-8-11(2-3-11)4-6-15/h1,5,7,15H,2-4,6,8H2,(H,13,14). The Labute approximate surface area is 88.3 Å². The molecule has 1 saturated carbocycles. The Balaban J connectivity index is 1.88. The van der Waals surface area contributed by atoms with Gasteiger partial charge in [-0.15, -0.1) is 0 Å². The number of rotatable bonds is 5. The van der Waals surface area contributed by atoms with E-state index in [1.54, 1.807) is 6.07 Å². The summed E-state index contributed by atoms with van der Waals surface area (Å²) < 4.78 is 12.8. The fourth-order valence-corrected chi connectivity index (χ4v) is 1.73. The van der Waals surface area contributed by atoms with Gasteiger partial charge in [-0.05, 0) is 30.7 Å². The summed E-state index contributed by atoms with van der Waals surface area (Å²) in [6, 6.07) is 3.13. The van der Waals surface area contributed by atoms with Crippen LogP contribution in [0.25, 0.3) is 0 Å². The van der Waals surface area contributed by atoms with Gasteiger partial charge in [-0.1, -0.05) is 0 Å². The van der Waals surface area contributed by atoms with Crippen LogP contribution in [0.5, 0.6) is 0 Å². The third-order valence-electron chi connectivity index (χ3n) is 2.99. The molecule has 0 amide bonds. The van der Waals surface area contributed by atoms with Crippen molar-refractivity contribution < 1.29 is 9.50 Å². The molecule has 2 rings (SSSR count). The van der Waals surface area contributed by atoms with Crippen LogP contribution in [0.2, 0.25) is 0 Å². The molecule has 0 saturated heterocycles. The van der Waals surface area contributed by atoms with Gasteiger partial charge in [-0.25, -0.2) is 4.98 Å². The van der Waals surface area contributed by atoms with Gasteiger partial charge in [0.05, 0.1) is 0 Å². The first-order valence-electron chi connectivity index (χ1n) is 5.20. The summed E-state index contributed by atoms with van der Waals surface area (Å²) in [5, 5.41) is 12.1. The number of halogens is 1. The van der Waals surface area contributed by atoms with E-state index in [4.69, 9.17) is 5.11 Å². The minimum atomic E-state index is -0.466. The zero-order valence-electron chi connectivity index (χ0n) is 8.54. The number of nitrogens with zero attached hydrogens (tertiary/aromatic N) is 1. The normalized spacial score (nSPS) is 17.5. The van der Waals surface area contributed by atoms with Crippen LogP contribution in [0.1, 0.15) is 19.3 Å². The summed E-state index contributed by atoms with van der Waals surface area (Å²) in [5.41, 5.74) is 1.00. The number of nitrogens with one attached hydrogen (secondary N) is 1. The highest BCUT2D eigenvalue weighted by molar-refractivity contribution is 5.41. The number of aliphatic hydroxyl groups is 1. The zero-order valence-corrected chi connectivity index (χ0v) is 8.54. The van der Waals surface area contributed by atoms with Gasteiger partial charge >= 0.3 is 0 Å². The molecule has 0 unspecified atom stereocenters. The van der Waals surface area contributed by atoms with Crippen LogP contribution in [0.3, 0.4) is 0 Å². The van der Waals surface area contributed by atoms with Crippen LogP contribution in [0.15, 0.2) is 18.3 Å². The Hall–Kier alpha value is -1.16. The number of anilines is 1. The van der Waals surface area contributed by atoms with Gasteiger partial charge < -0.3 is 10.4 Å². The molecule has 1 aliphatic rings. The van der Waals surface area contributed by atoms with Gasteiger partial charge in [0.2, 0.25) is 5.95 Å². The molecule has 0 spiro atoms. The lowest BCUT2D eigenvalue weighted by atomic mass is 10.0. The average molecular weight is 210 g/mol. The molecule has 0 atom stereocenters. The summed E-state index contributed by atoms with van der Waals surface area (Å²) in [7, 11) is 0. The molecule has 1 heterocycles. The smallest absolute Gasteiger partial charge is 0.214 e. The fraction of sp³-hybridized carbons (Fsp3) is 0.545. The van der Waals surface area contributed by atoms with Crippen LogP contribution in [-0.4, -0.2) is 23.2 Å². The Morgan fingerprint density at radius 2 is 2.33 bits per heavy atom. The van der Waals surface area contributed by atoms with Crippen LogP contribution in [0.4, 0.5) is 10.1 Å². The monoisotopic (exact) mass is 210 g/mol. The molecule has 82 valence electrons. The second-order valence-corrected chi connectivity index (χ2v) is 4.19. The highest BCUT2D eigenvalue weighted by Gasteiger charge is 2.41. The topological polar surface area (TPSA) is 45.1 Å². The van der Waals surface area contributed by atoms with Crippen LogP contribution in [0, 0.1) is 11.4 Å². The molecule has 0 bridgehead atoms. The van der Waals surface area contributed by atoms with E-state index in [0.717, 1.165) is 31.5 Å². The van der Waals surface area contributed by atoms with E-state index >= 15 is 0 Å². The first-order valence-corrected chi connectivity index (χ1v) is 5.20. The minimum absolute atomic E-state index is 0.229. The van der Waals surface area contributed by atoms with Gasteiger partial charge in [0.15, 0.2) is 0 Å². The van der Waals surface area contributed by atoms with E-state index in [9.17, 15) is 4.39 Å². The maximum absolute atomic E-state index is 12.8. The molecule has 15 heavy (non-hydrogen) atoms. The summed E-state index contributed by atoms with van der Waals surface area (Å²) >= 11 is 0. The van der Waals surface area contributed by atoms with E-state index in [2.05, 4.69) is 10.3 Å². The maximum atomic E-state index is 12.8. The summed E-state index contributed by atoms with van der Waals surface area (Å²) in [4.78, 5) is 3.49. The second-order valence-electron chi connectivity index (χ2n) is 4.19. The quantitative estimate of drug-likeness (QED) is 0.728. The molecule has 2 N–H and O–H groups in total. The van der Waals surface area contributed by atoms with E-state index in [0.29, 0.717) is 0 Å². The first-order chi connectivity index (χ1) is 7.24. The molecule has 4 heteroatoms.